The van der Waals surface area contributed by atoms with Gasteiger partial charge in [0.2, 0.25) is 5.91 Å². The predicted molar refractivity (Wildman–Crippen MR) is 338 cm³/mol. The van der Waals surface area contributed by atoms with Crippen molar-refractivity contribution >= 4 is 11.9 Å². The summed E-state index contributed by atoms with van der Waals surface area (Å²) in [5.74, 6) is -0.0187. The van der Waals surface area contributed by atoms with Gasteiger partial charge in [0, 0.05) is 12.8 Å². The maximum atomic E-state index is 12.4. The zero-order valence-electron chi connectivity index (χ0n) is 52.2. The zero-order valence-corrected chi connectivity index (χ0v) is 52.2. The van der Waals surface area contributed by atoms with Crippen LogP contribution in [0.25, 0.3) is 0 Å². The van der Waals surface area contributed by atoms with Gasteiger partial charge in [-0.1, -0.05) is 327 Å². The highest BCUT2D eigenvalue weighted by Gasteiger charge is 2.20. The highest BCUT2D eigenvalue weighted by Crippen LogP contribution is 2.19. The van der Waals surface area contributed by atoms with E-state index in [1.165, 1.54) is 315 Å². The summed E-state index contributed by atoms with van der Waals surface area (Å²) in [6, 6.07) is -0.535. The summed E-state index contributed by atoms with van der Waals surface area (Å²) in [5, 5.41) is 23.1. The molecule has 0 aliphatic carbocycles. The van der Waals surface area contributed by atoms with Crippen molar-refractivity contribution in [2.45, 2.75) is 405 Å². The van der Waals surface area contributed by atoms with Gasteiger partial charge in [-0.3, -0.25) is 9.59 Å². The number of nitrogens with one attached hydrogen (secondary N) is 1. The molecule has 2 unspecified atom stereocenters. The monoisotopic (exact) mass is 1080 g/mol. The lowest BCUT2D eigenvalue weighted by atomic mass is 10.0. The molecule has 0 bridgehead atoms. The second-order valence-electron chi connectivity index (χ2n) is 24.2. The lowest BCUT2D eigenvalue weighted by Gasteiger charge is -2.22. The normalized spacial score (nSPS) is 12.6. The van der Waals surface area contributed by atoms with Crippen LogP contribution in [0.4, 0.5) is 0 Å². The average Bonchev–Trinajstić information content (AvgIpc) is 3.43. The first kappa shape index (κ1) is 75.3. The summed E-state index contributed by atoms with van der Waals surface area (Å²) < 4.78 is 5.48. The second-order valence-corrected chi connectivity index (χ2v) is 24.2. The number of unbranched alkanes of at least 4 members (excludes halogenated alkanes) is 51. The standard InChI is InChI=1S/C71H137NO5/c1-3-5-7-9-11-13-14-45-49-53-57-61-65-71(76)77-66-62-58-54-50-46-43-41-39-37-35-33-31-29-27-25-23-21-19-17-15-16-18-20-22-24-26-28-30-32-34-36-38-40-42-44-48-52-56-60-64-70(75)72-68(67-73)69(74)63-59-55-51-47-12-10-8-6-4-2/h11,13,15-16,68-69,73-74H,3-10,12,14,17-67H2,1-2H3,(H,72,75)/b13-11-,16-15-. The molecule has 2 atom stereocenters. The fraction of sp³-hybridized carbons (Fsp3) is 0.915. The third-order valence-electron chi connectivity index (χ3n) is 16.5. The van der Waals surface area contributed by atoms with Crippen LogP contribution in [0, 0.1) is 0 Å². The molecule has 0 rings (SSSR count). The molecule has 6 nitrogen and oxygen atoms in total. The zero-order chi connectivity index (χ0) is 55.7. The van der Waals surface area contributed by atoms with E-state index in [9.17, 15) is 19.8 Å². The van der Waals surface area contributed by atoms with Crippen LogP contribution in [0.2, 0.25) is 0 Å². The van der Waals surface area contributed by atoms with Crippen molar-refractivity contribution in [1.29, 1.82) is 0 Å². The van der Waals surface area contributed by atoms with E-state index < -0.39 is 12.1 Å². The first-order valence-electron chi connectivity index (χ1n) is 35.1. The number of aliphatic hydroxyl groups is 2. The van der Waals surface area contributed by atoms with Gasteiger partial charge < -0.3 is 20.3 Å². The van der Waals surface area contributed by atoms with Crippen LogP contribution in [0.15, 0.2) is 24.3 Å². The van der Waals surface area contributed by atoms with Crippen LogP contribution in [-0.4, -0.2) is 47.4 Å². The Balaban J connectivity index is 3.29. The first-order valence-corrected chi connectivity index (χ1v) is 35.1. The average molecular weight is 1080 g/mol. The van der Waals surface area contributed by atoms with Gasteiger partial charge in [0.05, 0.1) is 25.4 Å². The van der Waals surface area contributed by atoms with Crippen molar-refractivity contribution < 1.29 is 24.5 Å². The van der Waals surface area contributed by atoms with Gasteiger partial charge in [-0.15, -0.1) is 0 Å². The first-order chi connectivity index (χ1) is 38.0. The van der Waals surface area contributed by atoms with Crippen LogP contribution >= 0.6 is 0 Å². The molecule has 0 spiro atoms. The highest BCUT2D eigenvalue weighted by atomic mass is 16.5. The van der Waals surface area contributed by atoms with Crippen LogP contribution in [0.5, 0.6) is 0 Å². The number of carbonyl (C=O) groups is 2. The smallest absolute Gasteiger partial charge is 0.305 e. The lowest BCUT2D eigenvalue weighted by Crippen LogP contribution is -2.45. The Morgan fingerprint density at radius 1 is 0.351 bits per heavy atom. The van der Waals surface area contributed by atoms with Gasteiger partial charge in [-0.25, -0.2) is 0 Å². The van der Waals surface area contributed by atoms with Gasteiger partial charge in [0.1, 0.15) is 0 Å². The van der Waals surface area contributed by atoms with E-state index in [0.717, 1.165) is 44.9 Å². The molecule has 0 aliphatic heterocycles. The summed E-state index contributed by atoms with van der Waals surface area (Å²) in [6.07, 6.45) is 84.1. The van der Waals surface area contributed by atoms with Gasteiger partial charge in [0.25, 0.3) is 0 Å². The van der Waals surface area contributed by atoms with Crippen molar-refractivity contribution in [1.82, 2.24) is 5.32 Å². The fourth-order valence-corrected chi connectivity index (χ4v) is 11.1. The molecule has 1 amide bonds. The summed E-state index contributed by atoms with van der Waals surface area (Å²) in [7, 11) is 0. The molecule has 0 aromatic heterocycles. The topological polar surface area (TPSA) is 95.9 Å². The van der Waals surface area contributed by atoms with E-state index >= 15 is 0 Å². The maximum Gasteiger partial charge on any atom is 0.305 e. The van der Waals surface area contributed by atoms with E-state index in [1.54, 1.807) is 0 Å². The molecule has 0 aromatic carbocycles. The molecule has 6 heteroatoms. The van der Waals surface area contributed by atoms with Crippen molar-refractivity contribution in [2.75, 3.05) is 13.2 Å². The van der Waals surface area contributed by atoms with E-state index in [1.807, 2.05) is 0 Å². The number of ether oxygens (including phenoxy) is 1. The molecule has 0 heterocycles. The number of carbonyl (C=O) groups excluding carboxylic acids is 2. The van der Waals surface area contributed by atoms with Crippen molar-refractivity contribution in [3.05, 3.63) is 24.3 Å². The van der Waals surface area contributed by atoms with Crippen molar-refractivity contribution in [2.24, 2.45) is 0 Å². The summed E-state index contributed by atoms with van der Waals surface area (Å²) in [6.45, 7) is 4.93. The number of allylic oxidation sites excluding steroid dienone is 4. The molecule has 77 heavy (non-hydrogen) atoms. The van der Waals surface area contributed by atoms with Crippen molar-refractivity contribution in [3.8, 4) is 0 Å². The summed E-state index contributed by atoms with van der Waals surface area (Å²) >= 11 is 0. The number of esters is 1. The van der Waals surface area contributed by atoms with Gasteiger partial charge in [-0.2, -0.15) is 0 Å². The molecule has 0 aromatic rings. The Kier molecular flexibility index (Phi) is 65.4. The van der Waals surface area contributed by atoms with Gasteiger partial charge in [-0.05, 0) is 77.0 Å². The molecule has 0 fully saturated rings. The highest BCUT2D eigenvalue weighted by molar-refractivity contribution is 5.76. The third-order valence-corrected chi connectivity index (χ3v) is 16.5. The Hall–Kier alpha value is -1.66. The molecular formula is C71H137NO5. The predicted octanol–water partition coefficient (Wildman–Crippen LogP) is 22.5. The second kappa shape index (κ2) is 66.8. The number of hydrogen-bond donors (Lipinski definition) is 3. The molecule has 3 N–H and O–H groups in total. The fourth-order valence-electron chi connectivity index (χ4n) is 11.1. The van der Waals surface area contributed by atoms with Crippen LogP contribution < -0.4 is 5.32 Å². The number of rotatable bonds is 66. The van der Waals surface area contributed by atoms with E-state index in [-0.39, 0.29) is 18.5 Å². The number of hydrogen-bond acceptors (Lipinski definition) is 5. The summed E-state index contributed by atoms with van der Waals surface area (Å²) in [5.41, 5.74) is 0. The van der Waals surface area contributed by atoms with Gasteiger partial charge in [0.15, 0.2) is 0 Å². The Labute approximate surface area is 481 Å². The van der Waals surface area contributed by atoms with E-state index in [0.29, 0.717) is 25.9 Å². The number of amides is 1. The minimum atomic E-state index is -0.658. The third kappa shape index (κ3) is 63.4. The Morgan fingerprint density at radius 3 is 0.948 bits per heavy atom. The minimum absolute atomic E-state index is 0.0126. The van der Waals surface area contributed by atoms with E-state index in [4.69, 9.17) is 4.74 Å². The SMILES string of the molecule is CCCCC/C=C\CCCCCCCC(=O)OCCCCCCCCCCCCCCCCCCCC/C=C\CCCCCCCCCCCCCCCCCCCC(=O)NC(CO)C(O)CCCCCCCCCCC. The molecule has 0 radical (unpaired) electrons. The van der Waals surface area contributed by atoms with Crippen LogP contribution in [0.3, 0.4) is 0 Å². The largest absolute Gasteiger partial charge is 0.466 e. The maximum absolute atomic E-state index is 12.4. The lowest BCUT2D eigenvalue weighted by molar-refractivity contribution is -0.143. The molecule has 0 saturated heterocycles. The molecule has 0 saturated carbocycles. The quantitative estimate of drug-likeness (QED) is 0.0320. The summed E-state index contributed by atoms with van der Waals surface area (Å²) in [4.78, 5) is 24.4. The van der Waals surface area contributed by atoms with Crippen LogP contribution in [0.1, 0.15) is 393 Å². The van der Waals surface area contributed by atoms with Crippen LogP contribution in [-0.2, 0) is 14.3 Å². The Bertz CT molecular complexity index is 1200. The molecular weight excluding hydrogens is 947 g/mol. The van der Waals surface area contributed by atoms with E-state index in [2.05, 4.69) is 43.5 Å². The number of aliphatic hydroxyl groups excluding tert-OH is 2. The molecule has 0 aliphatic rings. The Morgan fingerprint density at radius 2 is 0.610 bits per heavy atom. The van der Waals surface area contributed by atoms with Crippen molar-refractivity contribution in [3.63, 3.8) is 0 Å². The van der Waals surface area contributed by atoms with Gasteiger partial charge >= 0.3 is 5.97 Å². The molecule has 456 valence electrons. The minimum Gasteiger partial charge on any atom is -0.466 e.